The summed E-state index contributed by atoms with van der Waals surface area (Å²) < 4.78 is 0. The molecule has 3 heteroatoms. The van der Waals surface area contributed by atoms with E-state index in [1.165, 1.54) is 0 Å². The van der Waals surface area contributed by atoms with E-state index in [1.807, 2.05) is 12.1 Å². The van der Waals surface area contributed by atoms with Crippen molar-refractivity contribution >= 4 is 0 Å². The molecule has 0 aliphatic carbocycles. The van der Waals surface area contributed by atoms with Gasteiger partial charge in [0.1, 0.15) is 0 Å². The molecule has 54 valence electrons. The lowest BCUT2D eigenvalue weighted by molar-refractivity contribution is 0.288. The number of aryl methyl sites for hydroxylation is 1. The average molecular weight is 138 g/mol. The van der Waals surface area contributed by atoms with Crippen LogP contribution in [0.4, 0.5) is 0 Å². The summed E-state index contributed by atoms with van der Waals surface area (Å²) in [4.78, 5) is 0. The van der Waals surface area contributed by atoms with Crippen LogP contribution in [0.25, 0.3) is 0 Å². The van der Waals surface area contributed by atoms with Gasteiger partial charge in [-0.1, -0.05) is 0 Å². The highest BCUT2D eigenvalue weighted by Gasteiger charge is 1.90. The first-order valence-corrected chi connectivity index (χ1v) is 3.31. The maximum atomic E-state index is 8.48. The van der Waals surface area contributed by atoms with Crippen molar-refractivity contribution in [1.29, 1.82) is 0 Å². The van der Waals surface area contributed by atoms with E-state index in [9.17, 15) is 0 Å². The average Bonchev–Trinajstić information content (AvgIpc) is 2.03. The Morgan fingerprint density at radius 1 is 1.50 bits per heavy atom. The molecular weight excluding hydrogens is 128 g/mol. The Balaban J connectivity index is 2.43. The van der Waals surface area contributed by atoms with Gasteiger partial charge < -0.3 is 5.11 Å². The zero-order valence-corrected chi connectivity index (χ0v) is 5.70. The van der Waals surface area contributed by atoms with Crippen LogP contribution >= 0.6 is 0 Å². The molecule has 0 amide bonds. The van der Waals surface area contributed by atoms with Crippen molar-refractivity contribution in [3.63, 3.8) is 0 Å². The normalized spacial score (nSPS) is 9.70. The van der Waals surface area contributed by atoms with E-state index < -0.39 is 0 Å². The molecule has 0 aliphatic heterocycles. The van der Waals surface area contributed by atoms with Gasteiger partial charge in [-0.2, -0.15) is 10.2 Å². The lowest BCUT2D eigenvalue weighted by Crippen LogP contribution is -1.93. The van der Waals surface area contributed by atoms with Gasteiger partial charge in [0.05, 0.1) is 5.69 Å². The Kier molecular flexibility index (Phi) is 2.83. The lowest BCUT2D eigenvalue weighted by Gasteiger charge is -1.93. The van der Waals surface area contributed by atoms with Gasteiger partial charge in [0.2, 0.25) is 0 Å². The second-order valence-corrected chi connectivity index (χ2v) is 2.04. The number of aliphatic hydroxyl groups excluding tert-OH is 1. The third-order valence-electron chi connectivity index (χ3n) is 1.22. The first-order valence-electron chi connectivity index (χ1n) is 3.31. The summed E-state index contributed by atoms with van der Waals surface area (Å²) in [6.45, 7) is 0.219. The highest BCUT2D eigenvalue weighted by atomic mass is 16.2. The number of nitrogens with zero attached hydrogens (tertiary/aromatic N) is 2. The summed E-state index contributed by atoms with van der Waals surface area (Å²) in [6, 6.07) is 3.75. The molecule has 3 nitrogen and oxygen atoms in total. The van der Waals surface area contributed by atoms with Gasteiger partial charge in [-0.25, -0.2) is 0 Å². The summed E-state index contributed by atoms with van der Waals surface area (Å²) in [6.07, 6.45) is 3.21. The zero-order chi connectivity index (χ0) is 7.23. The smallest absolute Gasteiger partial charge is 0.0631 e. The monoisotopic (exact) mass is 138 g/mol. The van der Waals surface area contributed by atoms with E-state index >= 15 is 0 Å². The maximum absolute atomic E-state index is 8.48. The van der Waals surface area contributed by atoms with Crippen molar-refractivity contribution < 1.29 is 5.11 Å². The van der Waals surface area contributed by atoms with Crippen molar-refractivity contribution in [3.8, 4) is 0 Å². The number of rotatable bonds is 3. The first kappa shape index (κ1) is 7.15. The Morgan fingerprint density at radius 2 is 2.40 bits per heavy atom. The molecule has 10 heavy (non-hydrogen) atoms. The quantitative estimate of drug-likeness (QED) is 0.657. The Bertz CT molecular complexity index is 176. The number of aliphatic hydroxyl groups is 1. The van der Waals surface area contributed by atoms with Crippen LogP contribution in [-0.2, 0) is 6.42 Å². The molecule has 0 radical (unpaired) electrons. The molecule has 1 aromatic rings. The highest BCUT2D eigenvalue weighted by molar-refractivity contribution is 4.98. The second kappa shape index (κ2) is 3.95. The van der Waals surface area contributed by atoms with Gasteiger partial charge in [0.25, 0.3) is 0 Å². The van der Waals surface area contributed by atoms with Crippen LogP contribution in [0.3, 0.4) is 0 Å². The molecule has 0 saturated heterocycles. The topological polar surface area (TPSA) is 46.0 Å². The van der Waals surface area contributed by atoms with Crippen LogP contribution in [0.1, 0.15) is 12.1 Å². The maximum Gasteiger partial charge on any atom is 0.0631 e. The van der Waals surface area contributed by atoms with Crippen molar-refractivity contribution in [1.82, 2.24) is 10.2 Å². The van der Waals surface area contributed by atoms with Crippen molar-refractivity contribution in [2.75, 3.05) is 6.61 Å². The predicted octanol–water partition coefficient (Wildman–Crippen LogP) is 0.401. The van der Waals surface area contributed by atoms with Gasteiger partial charge in [-0.05, 0) is 25.0 Å². The summed E-state index contributed by atoms with van der Waals surface area (Å²) >= 11 is 0. The molecule has 1 heterocycles. The van der Waals surface area contributed by atoms with Gasteiger partial charge in [-0.15, -0.1) is 0 Å². The first-order chi connectivity index (χ1) is 4.93. The predicted molar refractivity (Wildman–Crippen MR) is 37.4 cm³/mol. The van der Waals surface area contributed by atoms with Crippen LogP contribution in [0, 0.1) is 0 Å². The Labute approximate surface area is 59.7 Å². The van der Waals surface area contributed by atoms with Gasteiger partial charge >= 0.3 is 0 Å². The molecule has 0 spiro atoms. The van der Waals surface area contributed by atoms with Crippen LogP contribution in [0.15, 0.2) is 18.3 Å². The summed E-state index contributed by atoms with van der Waals surface area (Å²) in [5, 5.41) is 16.0. The minimum Gasteiger partial charge on any atom is -0.396 e. The molecule has 0 aromatic carbocycles. The molecule has 0 fully saturated rings. The zero-order valence-electron chi connectivity index (χ0n) is 5.70. The molecule has 0 aliphatic rings. The number of hydrogen-bond donors (Lipinski definition) is 1. The van der Waals surface area contributed by atoms with Crippen LogP contribution in [0.5, 0.6) is 0 Å². The summed E-state index contributed by atoms with van der Waals surface area (Å²) in [5.74, 6) is 0. The molecular formula is C7H10N2O. The van der Waals surface area contributed by atoms with Gasteiger partial charge in [0.15, 0.2) is 0 Å². The van der Waals surface area contributed by atoms with E-state index in [-0.39, 0.29) is 6.61 Å². The van der Waals surface area contributed by atoms with E-state index in [0.717, 1.165) is 18.5 Å². The Morgan fingerprint density at radius 3 is 3.00 bits per heavy atom. The largest absolute Gasteiger partial charge is 0.396 e. The molecule has 1 aromatic heterocycles. The Hall–Kier alpha value is -0.960. The van der Waals surface area contributed by atoms with E-state index in [1.54, 1.807) is 6.20 Å². The fourth-order valence-electron chi connectivity index (χ4n) is 0.727. The van der Waals surface area contributed by atoms with Gasteiger partial charge in [0, 0.05) is 12.8 Å². The third kappa shape index (κ3) is 2.11. The number of aromatic nitrogens is 2. The van der Waals surface area contributed by atoms with E-state index in [4.69, 9.17) is 5.11 Å². The van der Waals surface area contributed by atoms with E-state index in [2.05, 4.69) is 10.2 Å². The minimum absolute atomic E-state index is 0.219. The number of hydrogen-bond acceptors (Lipinski definition) is 3. The molecule has 0 saturated carbocycles. The summed E-state index contributed by atoms with van der Waals surface area (Å²) in [5.41, 5.74) is 0.941. The molecule has 0 atom stereocenters. The molecule has 1 N–H and O–H groups in total. The van der Waals surface area contributed by atoms with Crippen LogP contribution in [-0.4, -0.2) is 21.9 Å². The van der Waals surface area contributed by atoms with Crippen LogP contribution < -0.4 is 0 Å². The van der Waals surface area contributed by atoms with E-state index in [0.29, 0.717) is 0 Å². The molecule has 0 unspecified atom stereocenters. The lowest BCUT2D eigenvalue weighted by atomic mass is 10.2. The van der Waals surface area contributed by atoms with Crippen molar-refractivity contribution in [3.05, 3.63) is 24.0 Å². The minimum atomic E-state index is 0.219. The van der Waals surface area contributed by atoms with Crippen molar-refractivity contribution in [2.45, 2.75) is 12.8 Å². The van der Waals surface area contributed by atoms with Crippen molar-refractivity contribution in [2.24, 2.45) is 0 Å². The van der Waals surface area contributed by atoms with Crippen LogP contribution in [0.2, 0.25) is 0 Å². The fraction of sp³-hybridized carbons (Fsp3) is 0.429. The SMILES string of the molecule is OCCCc1cccnn1. The molecule has 0 bridgehead atoms. The fourth-order valence-corrected chi connectivity index (χ4v) is 0.727. The second-order valence-electron chi connectivity index (χ2n) is 2.04. The molecule has 1 rings (SSSR count). The highest BCUT2D eigenvalue weighted by Crippen LogP contribution is 1.94. The third-order valence-corrected chi connectivity index (χ3v) is 1.22. The standard InChI is InChI=1S/C7H10N2O/c10-6-2-4-7-3-1-5-8-9-7/h1,3,5,10H,2,4,6H2. The summed E-state index contributed by atoms with van der Waals surface area (Å²) in [7, 11) is 0. The van der Waals surface area contributed by atoms with Gasteiger partial charge in [-0.3, -0.25) is 0 Å².